The Hall–Kier alpha value is -1.08. The van der Waals surface area contributed by atoms with Gasteiger partial charge in [0.1, 0.15) is 0 Å². The van der Waals surface area contributed by atoms with Crippen LogP contribution in [-0.2, 0) is 14.4 Å². The van der Waals surface area contributed by atoms with Crippen LogP contribution >= 0.6 is 0 Å². The van der Waals surface area contributed by atoms with Gasteiger partial charge in [-0.1, -0.05) is 6.58 Å². The van der Waals surface area contributed by atoms with Gasteiger partial charge in [-0.15, -0.1) is 0 Å². The fraction of sp³-hybridized carbons (Fsp3) is 0.444. The standard InChI is InChI=1S/C6H10O4.C3H4O2.Mg/c7-5(8)3-1-2-4-6(9)10;1-2-3(4)5;/h1-4H2,(H,7,8)(H,9,10);2H,1H2,(H,4,5);/q;;+2/p-2. The number of rotatable bonds is 6. The molecule has 0 aromatic heterocycles. The number of carboxylic acid groups (broad SMARTS) is 3. The maximum atomic E-state index is 9.77. The molecule has 0 amide bonds. The minimum Gasteiger partial charge on any atom is -0.550 e. The van der Waals surface area contributed by atoms with Gasteiger partial charge in [-0.3, -0.25) is 0 Å². The number of carbonyl (C=O) groups is 3. The zero-order chi connectivity index (χ0) is 12.3. The van der Waals surface area contributed by atoms with E-state index in [9.17, 15) is 24.6 Å². The molecule has 0 bridgehead atoms. The minimum atomic E-state index is -1.14. The summed E-state index contributed by atoms with van der Waals surface area (Å²) in [5, 5.41) is 27.1. The molecule has 86 valence electrons. The van der Waals surface area contributed by atoms with Crippen molar-refractivity contribution in [3.63, 3.8) is 0 Å². The van der Waals surface area contributed by atoms with Crippen LogP contribution in [0.1, 0.15) is 25.7 Å². The summed E-state index contributed by atoms with van der Waals surface area (Å²) in [7, 11) is 0. The minimum absolute atomic E-state index is 0. The van der Waals surface area contributed by atoms with E-state index in [-0.39, 0.29) is 35.9 Å². The molecule has 0 fully saturated rings. The smallest absolute Gasteiger partial charge is 0.550 e. The zero-order valence-electron chi connectivity index (χ0n) is 8.81. The third-order valence-electron chi connectivity index (χ3n) is 1.19. The Balaban J connectivity index is -0.000000242. The monoisotopic (exact) mass is 240 g/mol. The summed E-state index contributed by atoms with van der Waals surface area (Å²) >= 11 is 0. The van der Waals surface area contributed by atoms with Gasteiger partial charge in [-0.2, -0.15) is 0 Å². The maximum absolute atomic E-state index is 9.77. The Morgan fingerprint density at radius 1 is 1.06 bits per heavy atom. The number of hydrogen-bond donors (Lipinski definition) is 1. The maximum Gasteiger partial charge on any atom is 2.00 e. The normalized spacial score (nSPS) is 7.75. The van der Waals surface area contributed by atoms with Crippen molar-refractivity contribution in [3.05, 3.63) is 12.7 Å². The summed E-state index contributed by atoms with van der Waals surface area (Å²) < 4.78 is 0. The van der Waals surface area contributed by atoms with Crippen molar-refractivity contribution in [2.45, 2.75) is 25.7 Å². The van der Waals surface area contributed by atoms with Crippen LogP contribution in [0.4, 0.5) is 0 Å². The molecule has 16 heavy (non-hydrogen) atoms. The van der Waals surface area contributed by atoms with Crippen molar-refractivity contribution in [3.8, 4) is 0 Å². The van der Waals surface area contributed by atoms with E-state index in [1.807, 2.05) is 0 Å². The quantitative estimate of drug-likeness (QED) is 0.323. The fourth-order valence-corrected chi connectivity index (χ4v) is 0.539. The van der Waals surface area contributed by atoms with E-state index in [0.717, 1.165) is 6.08 Å². The van der Waals surface area contributed by atoms with Crippen LogP contribution in [0.5, 0.6) is 0 Å². The Labute approximate surface area is 109 Å². The van der Waals surface area contributed by atoms with E-state index < -0.39 is 17.9 Å². The van der Waals surface area contributed by atoms with Crippen molar-refractivity contribution >= 4 is 41.0 Å². The molecule has 0 aliphatic heterocycles. The predicted octanol–water partition coefficient (Wildman–Crippen LogP) is -2.08. The molecule has 0 aliphatic carbocycles. The van der Waals surface area contributed by atoms with Gasteiger partial charge in [0.2, 0.25) is 0 Å². The van der Waals surface area contributed by atoms with Crippen LogP contribution < -0.4 is 10.2 Å². The van der Waals surface area contributed by atoms with Crippen LogP contribution in [0.2, 0.25) is 0 Å². The number of carbonyl (C=O) groups excluding carboxylic acids is 2. The molecule has 0 saturated heterocycles. The van der Waals surface area contributed by atoms with Crippen LogP contribution in [-0.4, -0.2) is 46.1 Å². The molecule has 0 heterocycles. The van der Waals surface area contributed by atoms with Gasteiger partial charge < -0.3 is 24.9 Å². The Morgan fingerprint density at radius 2 is 1.31 bits per heavy atom. The Morgan fingerprint density at radius 3 is 1.44 bits per heavy atom. The summed E-state index contributed by atoms with van der Waals surface area (Å²) in [5.41, 5.74) is 0. The van der Waals surface area contributed by atoms with Crippen LogP contribution in [0.3, 0.4) is 0 Å². The summed E-state index contributed by atoms with van der Waals surface area (Å²) in [6.45, 7) is 2.96. The SMILES string of the molecule is C=CC(=O)O.O=C([O-])CCCCC(=O)[O-].[Mg+2]. The summed E-state index contributed by atoms with van der Waals surface area (Å²) in [6.07, 6.45) is 1.37. The number of aliphatic carboxylic acids is 3. The van der Waals surface area contributed by atoms with Crippen LogP contribution in [0.25, 0.3) is 0 Å². The first-order valence-electron chi connectivity index (χ1n) is 4.15. The van der Waals surface area contributed by atoms with Gasteiger partial charge in [-0.25, -0.2) is 4.79 Å². The molecule has 0 aromatic carbocycles. The second-order valence-electron chi connectivity index (χ2n) is 2.49. The van der Waals surface area contributed by atoms with Gasteiger partial charge in [0.15, 0.2) is 0 Å². The molecule has 7 heteroatoms. The summed E-state index contributed by atoms with van der Waals surface area (Å²) in [6, 6.07) is 0. The average molecular weight is 240 g/mol. The largest absolute Gasteiger partial charge is 2.00 e. The zero-order valence-corrected chi connectivity index (χ0v) is 10.2. The Bertz CT molecular complexity index is 222. The van der Waals surface area contributed by atoms with Gasteiger partial charge in [0, 0.05) is 18.0 Å². The van der Waals surface area contributed by atoms with E-state index in [4.69, 9.17) is 5.11 Å². The number of carboxylic acids is 3. The summed E-state index contributed by atoms with van der Waals surface area (Å²) in [5.74, 6) is -3.26. The summed E-state index contributed by atoms with van der Waals surface area (Å²) in [4.78, 5) is 28.8. The second kappa shape index (κ2) is 13.9. The van der Waals surface area contributed by atoms with Crippen LogP contribution in [0, 0.1) is 0 Å². The van der Waals surface area contributed by atoms with Gasteiger partial charge in [0.25, 0.3) is 0 Å². The molecule has 0 aromatic rings. The van der Waals surface area contributed by atoms with Crippen LogP contribution in [0.15, 0.2) is 12.7 Å². The molecule has 0 atom stereocenters. The molecule has 6 nitrogen and oxygen atoms in total. The van der Waals surface area contributed by atoms with Crippen molar-refractivity contribution in [2.75, 3.05) is 0 Å². The molecule has 0 aliphatic rings. The molecule has 1 N–H and O–H groups in total. The first kappa shape index (κ1) is 20.3. The van der Waals surface area contributed by atoms with Gasteiger partial charge in [0.05, 0.1) is 0 Å². The first-order chi connectivity index (χ1) is 6.90. The van der Waals surface area contributed by atoms with Crippen molar-refractivity contribution in [1.29, 1.82) is 0 Å². The topological polar surface area (TPSA) is 118 Å². The molecular formula is C9H12MgO6. The van der Waals surface area contributed by atoms with E-state index in [0.29, 0.717) is 12.8 Å². The van der Waals surface area contributed by atoms with Gasteiger partial charge >= 0.3 is 29.0 Å². The molecule has 0 saturated carbocycles. The van der Waals surface area contributed by atoms with Crippen molar-refractivity contribution in [1.82, 2.24) is 0 Å². The average Bonchev–Trinajstić information content (AvgIpc) is 2.13. The fourth-order valence-electron chi connectivity index (χ4n) is 0.539. The third kappa shape index (κ3) is 29.3. The van der Waals surface area contributed by atoms with E-state index >= 15 is 0 Å². The van der Waals surface area contributed by atoms with E-state index in [2.05, 4.69) is 6.58 Å². The predicted molar refractivity (Wildman–Crippen MR) is 52.1 cm³/mol. The van der Waals surface area contributed by atoms with Crippen molar-refractivity contribution in [2.24, 2.45) is 0 Å². The molecule has 0 unspecified atom stereocenters. The molecule has 0 radical (unpaired) electrons. The van der Waals surface area contributed by atoms with Crippen molar-refractivity contribution < 1.29 is 29.7 Å². The van der Waals surface area contributed by atoms with Gasteiger partial charge in [-0.05, 0) is 25.7 Å². The van der Waals surface area contributed by atoms with E-state index in [1.165, 1.54) is 0 Å². The first-order valence-corrected chi connectivity index (χ1v) is 4.15. The molecule has 0 rings (SSSR count). The molecule has 0 spiro atoms. The van der Waals surface area contributed by atoms with E-state index in [1.54, 1.807) is 0 Å². The molecular weight excluding hydrogens is 228 g/mol. The third-order valence-corrected chi connectivity index (χ3v) is 1.19. The second-order valence-corrected chi connectivity index (χ2v) is 2.49. The number of hydrogen-bond acceptors (Lipinski definition) is 5. The Kier molecular flexibility index (Phi) is 17.7. The number of unbranched alkanes of at least 4 members (excludes halogenated alkanes) is 1.